The maximum absolute atomic E-state index is 11.8. The van der Waals surface area contributed by atoms with Crippen LogP contribution in [0.4, 0.5) is 0 Å². The van der Waals surface area contributed by atoms with Crippen LogP contribution in [0.1, 0.15) is 34.9 Å². The topological polar surface area (TPSA) is 39.2 Å². The Hall–Kier alpha value is -1.68. The predicted molar refractivity (Wildman–Crippen MR) is 82.2 cm³/mol. The number of nitrogens with zero attached hydrogens (tertiary/aromatic N) is 1. The van der Waals surface area contributed by atoms with Crippen LogP contribution >= 0.6 is 11.3 Å². The number of rotatable bonds is 4. The van der Waals surface area contributed by atoms with Crippen molar-refractivity contribution in [2.75, 3.05) is 7.11 Å². The van der Waals surface area contributed by atoms with Gasteiger partial charge in [0, 0.05) is 0 Å². The smallest absolute Gasteiger partial charge is 0.358 e. The van der Waals surface area contributed by atoms with E-state index >= 15 is 0 Å². The molecule has 0 unspecified atom stereocenters. The van der Waals surface area contributed by atoms with E-state index in [1.54, 1.807) is 0 Å². The monoisotopic (exact) mass is 289 g/mol. The van der Waals surface area contributed by atoms with Gasteiger partial charge in [-0.1, -0.05) is 38.1 Å². The van der Waals surface area contributed by atoms with Crippen LogP contribution in [0.15, 0.2) is 24.3 Å². The van der Waals surface area contributed by atoms with Gasteiger partial charge in [-0.25, -0.2) is 9.78 Å². The summed E-state index contributed by atoms with van der Waals surface area (Å²) in [5, 5.41) is 0.867. The van der Waals surface area contributed by atoms with Gasteiger partial charge < -0.3 is 4.74 Å². The molecule has 2 aromatic rings. The number of esters is 1. The number of methoxy groups -OCH3 is 1. The van der Waals surface area contributed by atoms with Crippen LogP contribution in [0.2, 0.25) is 0 Å². The molecule has 0 amide bonds. The van der Waals surface area contributed by atoms with Gasteiger partial charge in [-0.2, -0.15) is 0 Å². The van der Waals surface area contributed by atoms with Gasteiger partial charge in [0.1, 0.15) is 0 Å². The van der Waals surface area contributed by atoms with Crippen molar-refractivity contribution in [3.63, 3.8) is 0 Å². The summed E-state index contributed by atoms with van der Waals surface area (Å²) in [7, 11) is 1.38. The number of carbonyl (C=O) groups is 1. The summed E-state index contributed by atoms with van der Waals surface area (Å²) in [5.74, 6) is 0.257. The summed E-state index contributed by atoms with van der Waals surface area (Å²) in [5.41, 5.74) is 2.74. The number of aromatic nitrogens is 1. The number of thiazole rings is 1. The number of aryl methyl sites for hydroxylation is 1. The third-order valence-corrected chi connectivity index (χ3v) is 3.99. The fraction of sp³-hybridized carbons (Fsp3) is 0.375. The van der Waals surface area contributed by atoms with E-state index < -0.39 is 0 Å². The fourth-order valence-corrected chi connectivity index (χ4v) is 3.03. The van der Waals surface area contributed by atoms with Crippen LogP contribution in [0.3, 0.4) is 0 Å². The average Bonchev–Trinajstić information content (AvgIpc) is 2.80. The summed E-state index contributed by atoms with van der Waals surface area (Å²) in [6.45, 7) is 6.30. The molecule has 1 aromatic heterocycles. The lowest BCUT2D eigenvalue weighted by Gasteiger charge is -2.06. The first-order valence-corrected chi connectivity index (χ1v) is 7.48. The Balaban J connectivity index is 2.34. The zero-order valence-corrected chi connectivity index (χ0v) is 13.1. The van der Waals surface area contributed by atoms with Gasteiger partial charge >= 0.3 is 5.97 Å². The Morgan fingerprint density at radius 1 is 1.30 bits per heavy atom. The SMILES string of the molecule is COC(=O)c1nc(C)sc1-c1ccc(CC(C)C)cc1. The minimum absolute atomic E-state index is 0.379. The first-order valence-electron chi connectivity index (χ1n) is 6.66. The number of hydrogen-bond acceptors (Lipinski definition) is 4. The highest BCUT2D eigenvalue weighted by molar-refractivity contribution is 7.15. The largest absolute Gasteiger partial charge is 0.464 e. The van der Waals surface area contributed by atoms with E-state index in [1.165, 1.54) is 24.0 Å². The van der Waals surface area contributed by atoms with E-state index in [-0.39, 0.29) is 5.97 Å². The molecular weight excluding hydrogens is 270 g/mol. The van der Waals surface area contributed by atoms with Gasteiger partial charge in [0.25, 0.3) is 0 Å². The van der Waals surface area contributed by atoms with Gasteiger partial charge in [-0.05, 0) is 30.4 Å². The minimum Gasteiger partial charge on any atom is -0.464 e. The molecule has 0 spiro atoms. The van der Waals surface area contributed by atoms with E-state index in [1.807, 2.05) is 6.92 Å². The van der Waals surface area contributed by atoms with Crippen molar-refractivity contribution in [3.05, 3.63) is 40.5 Å². The molecule has 0 saturated carbocycles. The predicted octanol–water partition coefficient (Wildman–Crippen LogP) is 4.10. The van der Waals surface area contributed by atoms with Crippen LogP contribution < -0.4 is 0 Å². The second-order valence-corrected chi connectivity index (χ2v) is 6.40. The molecule has 0 bridgehead atoms. The Morgan fingerprint density at radius 2 is 1.95 bits per heavy atom. The lowest BCUT2D eigenvalue weighted by atomic mass is 10.0. The van der Waals surface area contributed by atoms with E-state index in [2.05, 4.69) is 43.1 Å². The molecule has 0 saturated heterocycles. The highest BCUT2D eigenvalue weighted by atomic mass is 32.1. The van der Waals surface area contributed by atoms with Crippen LogP contribution in [0.5, 0.6) is 0 Å². The summed E-state index contributed by atoms with van der Waals surface area (Å²) in [6.07, 6.45) is 1.06. The van der Waals surface area contributed by atoms with E-state index in [4.69, 9.17) is 4.74 Å². The first kappa shape index (κ1) is 14.7. The van der Waals surface area contributed by atoms with Crippen molar-refractivity contribution < 1.29 is 9.53 Å². The second kappa shape index (κ2) is 6.18. The van der Waals surface area contributed by atoms with Gasteiger partial charge in [0.05, 0.1) is 17.0 Å². The Kier molecular flexibility index (Phi) is 4.55. The molecule has 20 heavy (non-hydrogen) atoms. The Bertz CT molecular complexity index is 599. The summed E-state index contributed by atoms with van der Waals surface area (Å²) >= 11 is 1.52. The Labute approximate surface area is 123 Å². The first-order chi connectivity index (χ1) is 9.51. The summed E-state index contributed by atoms with van der Waals surface area (Å²) in [6, 6.07) is 8.34. The molecule has 0 aliphatic heterocycles. The molecule has 0 N–H and O–H groups in total. The van der Waals surface area contributed by atoms with Crippen LogP contribution in [0.25, 0.3) is 10.4 Å². The second-order valence-electron chi connectivity index (χ2n) is 5.20. The van der Waals surface area contributed by atoms with Crippen LogP contribution in [-0.2, 0) is 11.2 Å². The number of carbonyl (C=O) groups excluding carboxylic acids is 1. The molecule has 0 radical (unpaired) electrons. The van der Waals surface area contributed by atoms with Crippen molar-refractivity contribution in [1.82, 2.24) is 4.98 Å². The highest BCUT2D eigenvalue weighted by Gasteiger charge is 2.18. The molecular formula is C16H19NO2S. The fourth-order valence-electron chi connectivity index (χ4n) is 2.12. The third kappa shape index (κ3) is 3.25. The van der Waals surface area contributed by atoms with Gasteiger partial charge in [-0.3, -0.25) is 0 Å². The number of benzene rings is 1. The van der Waals surface area contributed by atoms with E-state index in [9.17, 15) is 4.79 Å². The molecule has 0 atom stereocenters. The third-order valence-electron chi connectivity index (χ3n) is 2.97. The molecule has 0 aliphatic carbocycles. The summed E-state index contributed by atoms with van der Waals surface area (Å²) in [4.78, 5) is 16.9. The summed E-state index contributed by atoms with van der Waals surface area (Å²) < 4.78 is 4.79. The quantitative estimate of drug-likeness (QED) is 0.795. The molecule has 3 nitrogen and oxygen atoms in total. The molecule has 2 rings (SSSR count). The maximum Gasteiger partial charge on any atom is 0.358 e. The standard InChI is InChI=1S/C16H19NO2S/c1-10(2)9-12-5-7-13(8-6-12)15-14(16(18)19-4)17-11(3)20-15/h5-8,10H,9H2,1-4H3. The van der Waals surface area contributed by atoms with Gasteiger partial charge in [0.2, 0.25) is 0 Å². The molecule has 4 heteroatoms. The maximum atomic E-state index is 11.8. The van der Waals surface area contributed by atoms with Crippen molar-refractivity contribution in [1.29, 1.82) is 0 Å². The van der Waals surface area contributed by atoms with E-state index in [0.29, 0.717) is 11.6 Å². The molecule has 0 aliphatic rings. The van der Waals surface area contributed by atoms with Crippen molar-refractivity contribution in [2.45, 2.75) is 27.2 Å². The van der Waals surface area contributed by atoms with Crippen LogP contribution in [-0.4, -0.2) is 18.1 Å². The number of hydrogen-bond donors (Lipinski definition) is 0. The molecule has 1 heterocycles. The zero-order valence-electron chi connectivity index (χ0n) is 12.3. The normalized spacial score (nSPS) is 10.8. The van der Waals surface area contributed by atoms with Gasteiger partial charge in [-0.15, -0.1) is 11.3 Å². The molecule has 106 valence electrons. The van der Waals surface area contributed by atoms with Crippen molar-refractivity contribution >= 4 is 17.3 Å². The lowest BCUT2D eigenvalue weighted by Crippen LogP contribution is -2.03. The number of ether oxygens (including phenoxy) is 1. The Morgan fingerprint density at radius 3 is 2.50 bits per heavy atom. The molecule has 1 aromatic carbocycles. The van der Waals surface area contributed by atoms with Crippen molar-refractivity contribution in [3.8, 4) is 10.4 Å². The molecule has 0 fully saturated rings. The lowest BCUT2D eigenvalue weighted by molar-refractivity contribution is 0.0595. The highest BCUT2D eigenvalue weighted by Crippen LogP contribution is 2.31. The van der Waals surface area contributed by atoms with Crippen molar-refractivity contribution in [2.24, 2.45) is 5.92 Å². The van der Waals surface area contributed by atoms with E-state index in [0.717, 1.165) is 21.9 Å². The average molecular weight is 289 g/mol. The zero-order chi connectivity index (χ0) is 14.7. The van der Waals surface area contributed by atoms with Crippen LogP contribution in [0, 0.1) is 12.8 Å². The van der Waals surface area contributed by atoms with Gasteiger partial charge in [0.15, 0.2) is 5.69 Å². The minimum atomic E-state index is -0.379.